The lowest BCUT2D eigenvalue weighted by molar-refractivity contribution is -0.157. The summed E-state index contributed by atoms with van der Waals surface area (Å²) in [5.74, 6) is -3.19. The SMILES string of the molecule is CCC(C(=O)O)C(O)C(C)(C)C(O)C(N)=O. The van der Waals surface area contributed by atoms with E-state index in [-0.39, 0.29) is 6.42 Å². The molecule has 0 aliphatic heterocycles. The normalized spacial score (nSPS) is 17.6. The Morgan fingerprint density at radius 3 is 2.00 bits per heavy atom. The van der Waals surface area contributed by atoms with E-state index in [1.807, 2.05) is 0 Å². The van der Waals surface area contributed by atoms with Crippen LogP contribution in [0.25, 0.3) is 0 Å². The fraction of sp³-hybridized carbons (Fsp3) is 0.800. The number of rotatable bonds is 6. The standard InChI is InChI=1S/C10H19NO5/c1-4-5(9(15)16)6(12)10(2,3)7(13)8(11)14/h5-7,12-13H,4H2,1-3H3,(H2,11,14)(H,15,16). The maximum absolute atomic E-state index is 10.9. The highest BCUT2D eigenvalue weighted by molar-refractivity contribution is 5.79. The van der Waals surface area contributed by atoms with Gasteiger partial charge < -0.3 is 21.1 Å². The van der Waals surface area contributed by atoms with Crippen LogP contribution in [0.15, 0.2) is 0 Å². The smallest absolute Gasteiger partial charge is 0.309 e. The van der Waals surface area contributed by atoms with Crippen LogP contribution < -0.4 is 5.73 Å². The Hall–Kier alpha value is -1.14. The van der Waals surface area contributed by atoms with Crippen molar-refractivity contribution >= 4 is 11.9 Å². The number of amides is 1. The van der Waals surface area contributed by atoms with Gasteiger partial charge in [0.05, 0.1) is 12.0 Å². The maximum atomic E-state index is 10.9. The quantitative estimate of drug-likeness (QED) is 0.485. The molecule has 0 bridgehead atoms. The van der Waals surface area contributed by atoms with Gasteiger partial charge in [0.1, 0.15) is 6.10 Å². The number of carbonyl (C=O) groups excluding carboxylic acids is 1. The average Bonchev–Trinajstić information content (AvgIpc) is 2.16. The van der Waals surface area contributed by atoms with Crippen LogP contribution in [0.1, 0.15) is 27.2 Å². The molecule has 0 aliphatic carbocycles. The fourth-order valence-corrected chi connectivity index (χ4v) is 1.58. The number of carboxylic acids is 1. The molecule has 6 heteroatoms. The molecule has 0 spiro atoms. The van der Waals surface area contributed by atoms with Crippen molar-refractivity contribution in [2.45, 2.75) is 39.4 Å². The third-order valence-corrected chi connectivity index (χ3v) is 2.87. The molecule has 0 saturated carbocycles. The van der Waals surface area contributed by atoms with Crippen LogP contribution in [-0.4, -0.2) is 39.4 Å². The summed E-state index contributed by atoms with van der Waals surface area (Å²) in [6.07, 6.45) is -2.74. The average molecular weight is 233 g/mol. The van der Waals surface area contributed by atoms with Gasteiger partial charge in [-0.15, -0.1) is 0 Å². The number of carbonyl (C=O) groups is 2. The second-order valence-corrected chi connectivity index (χ2v) is 4.42. The van der Waals surface area contributed by atoms with Crippen molar-refractivity contribution in [3.05, 3.63) is 0 Å². The Labute approximate surface area is 94.1 Å². The highest BCUT2D eigenvalue weighted by Gasteiger charge is 2.44. The first kappa shape index (κ1) is 14.9. The summed E-state index contributed by atoms with van der Waals surface area (Å²) in [6, 6.07) is 0. The van der Waals surface area contributed by atoms with E-state index < -0.39 is 35.4 Å². The molecule has 0 radical (unpaired) electrons. The number of hydrogen-bond acceptors (Lipinski definition) is 4. The summed E-state index contributed by atoms with van der Waals surface area (Å²) in [7, 11) is 0. The number of aliphatic hydroxyl groups is 2. The minimum atomic E-state index is -1.59. The van der Waals surface area contributed by atoms with Gasteiger partial charge in [-0.25, -0.2) is 0 Å². The zero-order valence-corrected chi connectivity index (χ0v) is 9.67. The number of carboxylic acid groups (broad SMARTS) is 1. The van der Waals surface area contributed by atoms with Crippen LogP contribution in [0, 0.1) is 11.3 Å². The van der Waals surface area contributed by atoms with Gasteiger partial charge in [-0.05, 0) is 6.42 Å². The van der Waals surface area contributed by atoms with Gasteiger partial charge in [-0.2, -0.15) is 0 Å². The summed E-state index contributed by atoms with van der Waals surface area (Å²) in [5, 5.41) is 28.3. The van der Waals surface area contributed by atoms with E-state index in [4.69, 9.17) is 10.8 Å². The molecule has 0 fully saturated rings. The first-order valence-corrected chi connectivity index (χ1v) is 5.04. The van der Waals surface area contributed by atoms with Gasteiger partial charge in [0.15, 0.2) is 0 Å². The van der Waals surface area contributed by atoms with E-state index in [0.717, 1.165) is 0 Å². The lowest BCUT2D eigenvalue weighted by Crippen LogP contribution is -2.51. The zero-order chi connectivity index (χ0) is 13.1. The van der Waals surface area contributed by atoms with Gasteiger partial charge >= 0.3 is 5.97 Å². The van der Waals surface area contributed by atoms with E-state index in [9.17, 15) is 19.8 Å². The van der Waals surface area contributed by atoms with E-state index >= 15 is 0 Å². The minimum absolute atomic E-state index is 0.200. The highest BCUT2D eigenvalue weighted by atomic mass is 16.4. The highest BCUT2D eigenvalue weighted by Crippen LogP contribution is 2.31. The lowest BCUT2D eigenvalue weighted by atomic mass is 9.74. The third-order valence-electron chi connectivity index (χ3n) is 2.87. The first-order chi connectivity index (χ1) is 7.16. The molecule has 0 rings (SSSR count). The third kappa shape index (κ3) is 2.93. The molecule has 0 aromatic heterocycles. The number of aliphatic carboxylic acids is 1. The molecular weight excluding hydrogens is 214 g/mol. The van der Waals surface area contributed by atoms with Crippen LogP contribution in [0.5, 0.6) is 0 Å². The summed E-state index contributed by atoms with van der Waals surface area (Å²) in [5.41, 5.74) is 3.63. The van der Waals surface area contributed by atoms with Gasteiger partial charge in [-0.1, -0.05) is 20.8 Å². The fourth-order valence-electron chi connectivity index (χ4n) is 1.58. The van der Waals surface area contributed by atoms with Crippen molar-refractivity contribution in [3.63, 3.8) is 0 Å². The van der Waals surface area contributed by atoms with E-state index in [1.165, 1.54) is 13.8 Å². The Morgan fingerprint density at radius 1 is 1.31 bits per heavy atom. The molecule has 16 heavy (non-hydrogen) atoms. The molecule has 0 saturated heterocycles. The molecule has 0 heterocycles. The predicted molar refractivity (Wildman–Crippen MR) is 56.4 cm³/mol. The van der Waals surface area contributed by atoms with E-state index in [1.54, 1.807) is 6.92 Å². The van der Waals surface area contributed by atoms with Crippen LogP contribution >= 0.6 is 0 Å². The molecule has 94 valence electrons. The van der Waals surface area contributed by atoms with Crippen LogP contribution in [0.4, 0.5) is 0 Å². The molecule has 1 amide bonds. The predicted octanol–water partition coefficient (Wildman–Crippen LogP) is -0.669. The maximum Gasteiger partial charge on any atom is 0.309 e. The topological polar surface area (TPSA) is 121 Å². The van der Waals surface area contributed by atoms with Crippen molar-refractivity contribution in [2.75, 3.05) is 0 Å². The molecule has 0 aliphatic rings. The summed E-state index contributed by atoms with van der Waals surface area (Å²) >= 11 is 0. The van der Waals surface area contributed by atoms with Crippen LogP contribution in [-0.2, 0) is 9.59 Å². The lowest BCUT2D eigenvalue weighted by Gasteiger charge is -2.36. The molecule has 5 N–H and O–H groups in total. The monoisotopic (exact) mass is 233 g/mol. The van der Waals surface area contributed by atoms with Crippen LogP contribution in [0.3, 0.4) is 0 Å². The Balaban J connectivity index is 4.99. The molecule has 0 aromatic rings. The first-order valence-electron chi connectivity index (χ1n) is 5.04. The molecule has 6 nitrogen and oxygen atoms in total. The van der Waals surface area contributed by atoms with Gasteiger partial charge in [-0.3, -0.25) is 9.59 Å². The number of aliphatic hydroxyl groups excluding tert-OH is 2. The molecular formula is C10H19NO5. The minimum Gasteiger partial charge on any atom is -0.481 e. The summed E-state index contributed by atoms with van der Waals surface area (Å²) in [4.78, 5) is 21.7. The molecule has 3 unspecified atom stereocenters. The number of hydrogen-bond donors (Lipinski definition) is 4. The van der Waals surface area contributed by atoms with Crippen molar-refractivity contribution < 1.29 is 24.9 Å². The van der Waals surface area contributed by atoms with Crippen LogP contribution in [0.2, 0.25) is 0 Å². The Morgan fingerprint density at radius 2 is 1.75 bits per heavy atom. The van der Waals surface area contributed by atoms with Gasteiger partial charge in [0.2, 0.25) is 5.91 Å². The molecule has 0 aromatic carbocycles. The Bertz CT molecular complexity index is 276. The second kappa shape index (κ2) is 5.27. The largest absolute Gasteiger partial charge is 0.481 e. The molecule has 3 atom stereocenters. The van der Waals surface area contributed by atoms with Gasteiger partial charge in [0, 0.05) is 5.41 Å². The number of primary amides is 1. The van der Waals surface area contributed by atoms with Gasteiger partial charge in [0.25, 0.3) is 0 Å². The summed E-state index contributed by atoms with van der Waals surface area (Å²) < 4.78 is 0. The zero-order valence-electron chi connectivity index (χ0n) is 9.67. The van der Waals surface area contributed by atoms with E-state index in [2.05, 4.69) is 0 Å². The summed E-state index contributed by atoms with van der Waals surface area (Å²) in [6.45, 7) is 4.41. The second-order valence-electron chi connectivity index (χ2n) is 4.42. The van der Waals surface area contributed by atoms with Crippen molar-refractivity contribution in [1.29, 1.82) is 0 Å². The van der Waals surface area contributed by atoms with Crippen molar-refractivity contribution in [3.8, 4) is 0 Å². The van der Waals surface area contributed by atoms with Crippen molar-refractivity contribution in [1.82, 2.24) is 0 Å². The Kier molecular flexibility index (Phi) is 4.89. The van der Waals surface area contributed by atoms with Crippen molar-refractivity contribution in [2.24, 2.45) is 17.1 Å². The van der Waals surface area contributed by atoms with E-state index in [0.29, 0.717) is 0 Å². The number of nitrogens with two attached hydrogens (primary N) is 1.